The first-order chi connectivity index (χ1) is 9.82. The topological polar surface area (TPSA) is 6.48 Å². The maximum absolute atomic E-state index is 13.3. The zero-order valence-electron chi connectivity index (χ0n) is 12.3. The van der Waals surface area contributed by atoms with E-state index in [9.17, 15) is 13.2 Å². The van der Waals surface area contributed by atoms with Crippen molar-refractivity contribution in [2.75, 3.05) is 32.1 Å². The lowest BCUT2D eigenvalue weighted by molar-refractivity contribution is -0.137. The van der Waals surface area contributed by atoms with E-state index in [4.69, 9.17) is 11.6 Å². The van der Waals surface area contributed by atoms with Crippen molar-refractivity contribution in [1.82, 2.24) is 4.90 Å². The molecule has 0 bridgehead atoms. The van der Waals surface area contributed by atoms with Crippen LogP contribution in [-0.2, 0) is 12.1 Å². The second-order valence-corrected chi connectivity index (χ2v) is 5.96. The quantitative estimate of drug-likeness (QED) is 0.777. The second kappa shape index (κ2) is 6.44. The second-order valence-electron chi connectivity index (χ2n) is 5.69. The Kier molecular flexibility index (Phi) is 5.04. The maximum atomic E-state index is 13.3. The van der Waals surface area contributed by atoms with Crippen LogP contribution in [0.4, 0.5) is 18.9 Å². The lowest BCUT2D eigenvalue weighted by atomic mass is 10.0. The van der Waals surface area contributed by atoms with Crippen molar-refractivity contribution in [2.24, 2.45) is 0 Å². The number of benzene rings is 1. The molecule has 1 aliphatic heterocycles. The lowest BCUT2D eigenvalue weighted by Crippen LogP contribution is -2.45. The number of nitrogens with zero attached hydrogens (tertiary/aromatic N) is 2. The number of hydrogen-bond donors (Lipinski definition) is 0. The normalized spacial score (nSPS) is 20.1. The summed E-state index contributed by atoms with van der Waals surface area (Å²) < 4.78 is 39.9. The van der Waals surface area contributed by atoms with E-state index in [2.05, 4.69) is 4.90 Å². The summed E-state index contributed by atoms with van der Waals surface area (Å²) in [5.41, 5.74) is 0.178. The van der Waals surface area contributed by atoms with E-state index in [-0.39, 0.29) is 17.6 Å². The molecule has 118 valence electrons. The summed E-state index contributed by atoms with van der Waals surface area (Å²) in [7, 11) is 3.94. The first-order valence-electron chi connectivity index (χ1n) is 7.00. The first kappa shape index (κ1) is 16.4. The molecule has 0 spiro atoms. The Balaban J connectivity index is 2.34. The molecule has 2 rings (SSSR count). The van der Waals surface area contributed by atoms with Gasteiger partial charge < -0.3 is 9.80 Å². The molecule has 1 aromatic rings. The van der Waals surface area contributed by atoms with Crippen LogP contribution in [0, 0.1) is 0 Å². The van der Waals surface area contributed by atoms with Crippen LogP contribution in [-0.4, -0.2) is 38.1 Å². The number of halogens is 4. The maximum Gasteiger partial charge on any atom is 0.418 e. The third kappa shape index (κ3) is 3.83. The van der Waals surface area contributed by atoms with Crippen LogP contribution < -0.4 is 4.90 Å². The standard InChI is InChI=1S/C15H20ClF3N2/c1-20(2)12-4-3-7-21(10-12)14-6-5-11(9-16)8-13(14)15(17,18)19/h5-6,8,12H,3-4,7,9-10H2,1-2H3. The smallest absolute Gasteiger partial charge is 0.369 e. The van der Waals surface area contributed by atoms with E-state index in [0.29, 0.717) is 18.7 Å². The predicted molar refractivity (Wildman–Crippen MR) is 79.9 cm³/mol. The number of likely N-dealkylation sites (N-methyl/N-ethyl adjacent to an activating group) is 1. The van der Waals surface area contributed by atoms with Crippen LogP contribution in [0.15, 0.2) is 18.2 Å². The fraction of sp³-hybridized carbons (Fsp3) is 0.600. The van der Waals surface area contributed by atoms with Gasteiger partial charge in [0, 0.05) is 30.7 Å². The van der Waals surface area contributed by atoms with Crippen molar-refractivity contribution in [1.29, 1.82) is 0 Å². The molecule has 1 aliphatic rings. The van der Waals surface area contributed by atoms with Crippen LogP contribution in [0.3, 0.4) is 0 Å². The van der Waals surface area contributed by atoms with Crippen molar-refractivity contribution in [3.8, 4) is 0 Å². The number of anilines is 1. The van der Waals surface area contributed by atoms with Gasteiger partial charge in [-0.2, -0.15) is 13.2 Å². The van der Waals surface area contributed by atoms with Gasteiger partial charge in [-0.3, -0.25) is 0 Å². The molecule has 0 aliphatic carbocycles. The summed E-state index contributed by atoms with van der Waals surface area (Å²) in [4.78, 5) is 3.92. The van der Waals surface area contributed by atoms with E-state index >= 15 is 0 Å². The highest BCUT2D eigenvalue weighted by molar-refractivity contribution is 6.17. The molecule has 1 heterocycles. The van der Waals surface area contributed by atoms with Gasteiger partial charge in [0.2, 0.25) is 0 Å². The highest BCUT2D eigenvalue weighted by atomic mass is 35.5. The van der Waals surface area contributed by atoms with E-state index in [0.717, 1.165) is 12.8 Å². The van der Waals surface area contributed by atoms with Gasteiger partial charge in [0.15, 0.2) is 0 Å². The Morgan fingerprint density at radius 2 is 2.05 bits per heavy atom. The zero-order valence-corrected chi connectivity index (χ0v) is 13.0. The largest absolute Gasteiger partial charge is 0.418 e. The minimum absolute atomic E-state index is 0.0870. The molecule has 6 heteroatoms. The summed E-state index contributed by atoms with van der Waals surface area (Å²) in [6.45, 7) is 1.28. The van der Waals surface area contributed by atoms with Gasteiger partial charge >= 0.3 is 6.18 Å². The van der Waals surface area contributed by atoms with Crippen molar-refractivity contribution >= 4 is 17.3 Å². The summed E-state index contributed by atoms with van der Waals surface area (Å²) in [5.74, 6) is 0.0870. The molecule has 0 amide bonds. The summed E-state index contributed by atoms with van der Waals surface area (Å²) >= 11 is 5.66. The SMILES string of the molecule is CN(C)C1CCCN(c2ccc(CCl)cc2C(F)(F)F)C1. The van der Waals surface area contributed by atoms with Crippen LogP contribution in [0.5, 0.6) is 0 Å². The van der Waals surface area contributed by atoms with Crippen LogP contribution in [0.25, 0.3) is 0 Å². The van der Waals surface area contributed by atoms with Gasteiger partial charge in [-0.15, -0.1) is 11.6 Å². The third-order valence-electron chi connectivity index (χ3n) is 3.99. The van der Waals surface area contributed by atoms with Crippen LogP contribution in [0.2, 0.25) is 0 Å². The molecule has 1 saturated heterocycles. The molecular weight excluding hydrogens is 301 g/mol. The molecule has 1 fully saturated rings. The van der Waals surface area contributed by atoms with E-state index < -0.39 is 11.7 Å². The Morgan fingerprint density at radius 1 is 1.33 bits per heavy atom. The summed E-state index contributed by atoms with van der Waals surface area (Å²) in [6, 6.07) is 4.68. The van der Waals surface area contributed by atoms with E-state index in [1.54, 1.807) is 12.1 Å². The monoisotopic (exact) mass is 320 g/mol. The Morgan fingerprint density at radius 3 is 2.62 bits per heavy atom. The molecule has 0 radical (unpaired) electrons. The Hall–Kier alpha value is -0.940. The highest BCUT2D eigenvalue weighted by Gasteiger charge is 2.36. The van der Waals surface area contributed by atoms with Gasteiger partial charge in [0.1, 0.15) is 0 Å². The highest BCUT2D eigenvalue weighted by Crippen LogP contribution is 2.38. The molecule has 0 aromatic heterocycles. The lowest BCUT2D eigenvalue weighted by Gasteiger charge is -2.38. The van der Waals surface area contributed by atoms with Crippen LogP contribution in [0.1, 0.15) is 24.0 Å². The molecule has 21 heavy (non-hydrogen) atoms. The van der Waals surface area contributed by atoms with Crippen LogP contribution >= 0.6 is 11.6 Å². The molecule has 1 atom stereocenters. The first-order valence-corrected chi connectivity index (χ1v) is 7.54. The number of hydrogen-bond acceptors (Lipinski definition) is 2. The Bertz CT molecular complexity index is 488. The zero-order chi connectivity index (χ0) is 15.6. The number of rotatable bonds is 3. The Labute approximate surface area is 128 Å². The fourth-order valence-electron chi connectivity index (χ4n) is 2.76. The van der Waals surface area contributed by atoms with E-state index in [1.807, 2.05) is 19.0 Å². The summed E-state index contributed by atoms with van der Waals surface area (Å²) in [6.07, 6.45) is -2.44. The van der Waals surface area contributed by atoms with Gasteiger partial charge in [-0.1, -0.05) is 6.07 Å². The molecule has 1 unspecified atom stereocenters. The van der Waals surface area contributed by atoms with E-state index in [1.165, 1.54) is 6.07 Å². The number of piperidine rings is 1. The van der Waals surface area contributed by atoms with Crippen molar-refractivity contribution in [3.63, 3.8) is 0 Å². The van der Waals surface area contributed by atoms with Crippen molar-refractivity contribution in [2.45, 2.75) is 30.9 Å². The third-order valence-corrected chi connectivity index (χ3v) is 4.30. The van der Waals surface area contributed by atoms with Gasteiger partial charge in [-0.25, -0.2) is 0 Å². The minimum Gasteiger partial charge on any atom is -0.369 e. The van der Waals surface area contributed by atoms with Gasteiger partial charge in [0.25, 0.3) is 0 Å². The molecule has 1 aromatic carbocycles. The average Bonchev–Trinajstić information content (AvgIpc) is 2.45. The molecule has 2 nitrogen and oxygen atoms in total. The van der Waals surface area contributed by atoms with Gasteiger partial charge in [0.05, 0.1) is 5.56 Å². The molecular formula is C15H20ClF3N2. The van der Waals surface area contributed by atoms with Gasteiger partial charge in [-0.05, 0) is 44.6 Å². The number of alkyl halides is 4. The predicted octanol–water partition coefficient (Wildman–Crippen LogP) is 3.97. The minimum atomic E-state index is -4.36. The molecule has 0 saturated carbocycles. The van der Waals surface area contributed by atoms with Crippen molar-refractivity contribution in [3.05, 3.63) is 29.3 Å². The van der Waals surface area contributed by atoms with Crippen molar-refractivity contribution < 1.29 is 13.2 Å². The molecule has 0 N–H and O–H groups in total. The fourth-order valence-corrected chi connectivity index (χ4v) is 2.93. The average molecular weight is 321 g/mol. The summed E-state index contributed by atoms with van der Waals surface area (Å²) in [5, 5.41) is 0.